The van der Waals surface area contributed by atoms with E-state index in [4.69, 9.17) is 0 Å². The Hall–Kier alpha value is -2.44. The van der Waals surface area contributed by atoms with Crippen LogP contribution in [0.25, 0.3) is 11.0 Å². The minimum absolute atomic E-state index is 0.0174. The number of fused-ring (bicyclic) bond motifs is 1. The van der Waals surface area contributed by atoms with Crippen LogP contribution in [0.3, 0.4) is 0 Å². The van der Waals surface area contributed by atoms with Gasteiger partial charge in [0.2, 0.25) is 11.8 Å². The maximum atomic E-state index is 13.3. The Morgan fingerprint density at radius 3 is 2.62 bits per heavy atom. The first-order chi connectivity index (χ1) is 12.2. The number of aryl methyl sites for hydroxylation is 1. The Kier molecular flexibility index (Phi) is 6.34. The van der Waals surface area contributed by atoms with E-state index in [9.17, 15) is 14.0 Å². The molecule has 0 radical (unpaired) electrons. The Morgan fingerprint density at radius 2 is 1.92 bits per heavy atom. The van der Waals surface area contributed by atoms with Gasteiger partial charge < -0.3 is 15.2 Å². The number of hydrogen-bond donors (Lipinski definition) is 2. The van der Waals surface area contributed by atoms with Gasteiger partial charge in [0.25, 0.3) is 0 Å². The van der Waals surface area contributed by atoms with Crippen LogP contribution in [0.5, 0.6) is 0 Å². The Labute approximate surface area is 153 Å². The Morgan fingerprint density at radius 1 is 1.19 bits per heavy atom. The van der Waals surface area contributed by atoms with E-state index in [1.54, 1.807) is 6.07 Å². The molecule has 0 fully saturated rings. The van der Waals surface area contributed by atoms with Crippen LogP contribution in [-0.2, 0) is 23.1 Å². The van der Waals surface area contributed by atoms with Gasteiger partial charge >= 0.3 is 0 Å². The molecule has 2 aromatic rings. The summed E-state index contributed by atoms with van der Waals surface area (Å²) in [5.41, 5.74) is 1.06. The quantitative estimate of drug-likeness (QED) is 0.742. The van der Waals surface area contributed by atoms with E-state index in [0.29, 0.717) is 32.4 Å². The maximum absolute atomic E-state index is 13.3. The van der Waals surface area contributed by atoms with Crippen molar-refractivity contribution >= 4 is 22.8 Å². The van der Waals surface area contributed by atoms with E-state index in [1.807, 2.05) is 32.4 Å². The first-order valence-electron chi connectivity index (χ1n) is 8.84. The number of hydrogen-bond acceptors (Lipinski definition) is 3. The Bertz CT molecular complexity index is 793. The number of rotatable bonds is 7. The fourth-order valence-electron chi connectivity index (χ4n) is 2.55. The molecule has 0 aliphatic heterocycles. The number of nitrogens with one attached hydrogen (secondary N) is 2. The maximum Gasteiger partial charge on any atom is 0.225 e. The molecule has 0 spiro atoms. The molecule has 1 heterocycles. The van der Waals surface area contributed by atoms with Crippen molar-refractivity contribution in [3.63, 3.8) is 0 Å². The number of aromatic nitrogens is 2. The van der Waals surface area contributed by atoms with Crippen LogP contribution >= 0.6 is 0 Å². The molecule has 26 heavy (non-hydrogen) atoms. The topological polar surface area (TPSA) is 76.0 Å². The van der Waals surface area contributed by atoms with Crippen LogP contribution in [-0.4, -0.2) is 34.5 Å². The summed E-state index contributed by atoms with van der Waals surface area (Å²) < 4.78 is 15.2. The molecule has 0 atom stereocenters. The standard InChI is InChI=1S/C19H27FN4O2/c1-19(2,3)18(26)22-10-5-6-17(25)21-11-9-16-23-14-8-7-13(20)12-15(14)24(16)4/h7-8,12H,5-6,9-11H2,1-4H3,(H,21,25)(H,22,26). The molecule has 1 aromatic carbocycles. The lowest BCUT2D eigenvalue weighted by molar-refractivity contribution is -0.128. The van der Waals surface area contributed by atoms with Crippen molar-refractivity contribution in [1.29, 1.82) is 0 Å². The first-order valence-corrected chi connectivity index (χ1v) is 8.84. The van der Waals surface area contributed by atoms with Gasteiger partial charge in [-0.2, -0.15) is 0 Å². The number of benzene rings is 1. The summed E-state index contributed by atoms with van der Waals surface area (Å²) in [6.07, 6.45) is 1.52. The highest BCUT2D eigenvalue weighted by Crippen LogP contribution is 2.16. The van der Waals surface area contributed by atoms with E-state index < -0.39 is 5.41 Å². The van der Waals surface area contributed by atoms with Crippen molar-refractivity contribution in [2.75, 3.05) is 13.1 Å². The van der Waals surface area contributed by atoms with Crippen LogP contribution < -0.4 is 10.6 Å². The summed E-state index contributed by atoms with van der Waals surface area (Å²) in [4.78, 5) is 28.1. The van der Waals surface area contributed by atoms with E-state index in [0.717, 1.165) is 16.9 Å². The van der Waals surface area contributed by atoms with Crippen LogP contribution in [0.15, 0.2) is 18.2 Å². The monoisotopic (exact) mass is 362 g/mol. The molecular formula is C19H27FN4O2. The van der Waals surface area contributed by atoms with E-state index in [1.165, 1.54) is 12.1 Å². The van der Waals surface area contributed by atoms with Gasteiger partial charge in [-0.3, -0.25) is 9.59 Å². The average molecular weight is 362 g/mol. The highest BCUT2D eigenvalue weighted by Gasteiger charge is 2.20. The molecule has 2 amide bonds. The van der Waals surface area contributed by atoms with Crippen molar-refractivity contribution in [2.24, 2.45) is 12.5 Å². The average Bonchev–Trinajstić information content (AvgIpc) is 2.86. The minimum atomic E-state index is -0.420. The number of imidazole rings is 1. The zero-order valence-corrected chi connectivity index (χ0v) is 15.9. The summed E-state index contributed by atoms with van der Waals surface area (Å²) in [5.74, 6) is 0.429. The second kappa shape index (κ2) is 8.29. The molecule has 0 saturated carbocycles. The van der Waals surface area contributed by atoms with Gasteiger partial charge in [-0.15, -0.1) is 0 Å². The van der Waals surface area contributed by atoms with Crippen molar-refractivity contribution in [2.45, 2.75) is 40.0 Å². The highest BCUT2D eigenvalue weighted by atomic mass is 19.1. The van der Waals surface area contributed by atoms with Crippen molar-refractivity contribution < 1.29 is 14.0 Å². The largest absolute Gasteiger partial charge is 0.356 e. The van der Waals surface area contributed by atoms with Gasteiger partial charge in [0.05, 0.1) is 11.0 Å². The number of nitrogens with zero attached hydrogens (tertiary/aromatic N) is 2. The lowest BCUT2D eigenvalue weighted by atomic mass is 9.96. The number of amides is 2. The molecule has 2 N–H and O–H groups in total. The lowest BCUT2D eigenvalue weighted by Gasteiger charge is -2.17. The smallest absolute Gasteiger partial charge is 0.225 e. The minimum Gasteiger partial charge on any atom is -0.356 e. The zero-order valence-electron chi connectivity index (χ0n) is 15.9. The summed E-state index contributed by atoms with van der Waals surface area (Å²) in [7, 11) is 1.84. The SMILES string of the molecule is Cn1c(CCNC(=O)CCCNC(=O)C(C)(C)C)nc2ccc(F)cc21. The third kappa shape index (κ3) is 5.28. The third-order valence-electron chi connectivity index (χ3n) is 4.15. The molecule has 2 rings (SSSR count). The van der Waals surface area contributed by atoms with Gasteiger partial charge in [-0.25, -0.2) is 9.37 Å². The molecule has 0 saturated heterocycles. The van der Waals surface area contributed by atoms with Gasteiger partial charge in [0, 0.05) is 38.4 Å². The van der Waals surface area contributed by atoms with Crippen LogP contribution in [0.1, 0.15) is 39.4 Å². The molecule has 0 aliphatic carbocycles. The number of carbonyl (C=O) groups is 2. The second-order valence-electron chi connectivity index (χ2n) is 7.43. The van der Waals surface area contributed by atoms with Gasteiger partial charge in [0.15, 0.2) is 0 Å². The zero-order chi connectivity index (χ0) is 19.3. The predicted molar refractivity (Wildman–Crippen MR) is 99.1 cm³/mol. The molecule has 7 heteroatoms. The molecule has 0 unspecified atom stereocenters. The van der Waals surface area contributed by atoms with Crippen molar-refractivity contribution in [3.8, 4) is 0 Å². The molecule has 1 aromatic heterocycles. The fraction of sp³-hybridized carbons (Fsp3) is 0.526. The molecular weight excluding hydrogens is 335 g/mol. The van der Waals surface area contributed by atoms with Gasteiger partial charge in [-0.1, -0.05) is 20.8 Å². The summed E-state index contributed by atoms with van der Waals surface area (Å²) in [6, 6.07) is 4.49. The summed E-state index contributed by atoms with van der Waals surface area (Å²) in [5, 5.41) is 5.68. The van der Waals surface area contributed by atoms with Crippen LogP contribution in [0, 0.1) is 11.2 Å². The summed E-state index contributed by atoms with van der Waals surface area (Å²) in [6.45, 7) is 6.51. The van der Waals surface area contributed by atoms with E-state index >= 15 is 0 Å². The van der Waals surface area contributed by atoms with Crippen molar-refractivity contribution in [3.05, 3.63) is 29.8 Å². The second-order valence-corrected chi connectivity index (χ2v) is 7.43. The van der Waals surface area contributed by atoms with Gasteiger partial charge in [-0.05, 0) is 24.6 Å². The molecule has 0 aliphatic rings. The van der Waals surface area contributed by atoms with Crippen molar-refractivity contribution in [1.82, 2.24) is 20.2 Å². The van der Waals surface area contributed by atoms with Crippen LogP contribution in [0.2, 0.25) is 0 Å². The number of carbonyl (C=O) groups excluding carboxylic acids is 2. The summed E-state index contributed by atoms with van der Waals surface area (Å²) >= 11 is 0. The predicted octanol–water partition coefficient (Wildman–Crippen LogP) is 2.31. The normalized spacial score (nSPS) is 11.6. The lowest BCUT2D eigenvalue weighted by Crippen LogP contribution is -2.35. The number of halogens is 1. The Balaban J connectivity index is 1.72. The van der Waals surface area contributed by atoms with Crippen LogP contribution in [0.4, 0.5) is 4.39 Å². The molecule has 142 valence electrons. The fourth-order valence-corrected chi connectivity index (χ4v) is 2.55. The third-order valence-corrected chi connectivity index (χ3v) is 4.15. The first kappa shape index (κ1) is 19.9. The van der Waals surface area contributed by atoms with Gasteiger partial charge in [0.1, 0.15) is 11.6 Å². The molecule has 6 nitrogen and oxygen atoms in total. The molecule has 0 bridgehead atoms. The van der Waals surface area contributed by atoms with E-state index in [2.05, 4.69) is 15.6 Å². The highest BCUT2D eigenvalue weighted by molar-refractivity contribution is 5.81. The van der Waals surface area contributed by atoms with E-state index in [-0.39, 0.29) is 17.6 Å².